The fraction of sp³-hybridized carbons (Fsp3) is 0.364. The third-order valence-corrected chi connectivity index (χ3v) is 1.92. The van der Waals surface area contributed by atoms with Crippen LogP contribution >= 0.6 is 0 Å². The van der Waals surface area contributed by atoms with E-state index in [-0.39, 0.29) is 11.3 Å². The Morgan fingerprint density at radius 1 is 1.50 bits per heavy atom. The first-order valence-corrected chi connectivity index (χ1v) is 4.51. The van der Waals surface area contributed by atoms with Crippen LogP contribution < -0.4 is 4.74 Å². The number of alkyl halides is 1. The lowest BCUT2D eigenvalue weighted by Crippen LogP contribution is -2.02. The van der Waals surface area contributed by atoms with Crippen molar-refractivity contribution in [2.75, 3.05) is 13.3 Å². The predicted octanol–water partition coefficient (Wildman–Crippen LogP) is 3.11. The summed E-state index contributed by atoms with van der Waals surface area (Å²) < 4.78 is 30.9. The Morgan fingerprint density at radius 3 is 2.79 bits per heavy atom. The summed E-state index contributed by atoms with van der Waals surface area (Å²) in [6.07, 6.45) is 0. The summed E-state index contributed by atoms with van der Waals surface area (Å²) in [5, 5.41) is 0. The van der Waals surface area contributed by atoms with Gasteiger partial charge in [0.2, 0.25) is 0 Å². The molecule has 1 rings (SSSR count). The first-order chi connectivity index (χ1) is 6.70. The maximum atomic E-state index is 13.6. The molecule has 0 saturated carbocycles. The largest absolute Gasteiger partial charge is 0.491 e. The van der Waals surface area contributed by atoms with E-state index in [9.17, 15) is 8.78 Å². The average Bonchev–Trinajstić information content (AvgIpc) is 2.20. The van der Waals surface area contributed by atoms with E-state index in [1.54, 1.807) is 13.0 Å². The maximum absolute atomic E-state index is 13.6. The molecule has 0 aliphatic heterocycles. The van der Waals surface area contributed by atoms with E-state index in [1.807, 2.05) is 0 Å². The second-order valence-corrected chi connectivity index (χ2v) is 2.94. The summed E-state index contributed by atoms with van der Waals surface area (Å²) in [6, 6.07) is 4.68. The van der Waals surface area contributed by atoms with Gasteiger partial charge in [-0.2, -0.15) is 0 Å². The number of rotatable bonds is 4. The Bertz CT molecular complexity index is 299. The summed E-state index contributed by atoms with van der Waals surface area (Å²) in [6.45, 7) is 5.00. The van der Waals surface area contributed by atoms with Crippen LogP contribution in [-0.4, -0.2) is 13.3 Å². The molecular formula is C11H13F2O. The first kappa shape index (κ1) is 11.0. The van der Waals surface area contributed by atoms with Gasteiger partial charge in [0.25, 0.3) is 0 Å². The highest BCUT2D eigenvalue weighted by Crippen LogP contribution is 2.26. The molecule has 0 aliphatic carbocycles. The molecule has 0 amide bonds. The lowest BCUT2D eigenvalue weighted by atomic mass is 10.0. The van der Waals surface area contributed by atoms with E-state index in [2.05, 4.69) is 6.92 Å². The van der Waals surface area contributed by atoms with Crippen molar-refractivity contribution < 1.29 is 13.5 Å². The summed E-state index contributed by atoms with van der Waals surface area (Å²) in [5.41, 5.74) is 0.262. The van der Waals surface area contributed by atoms with Gasteiger partial charge in [0.1, 0.15) is 0 Å². The van der Waals surface area contributed by atoms with Crippen molar-refractivity contribution in [3.8, 4) is 5.75 Å². The molecule has 0 fully saturated rings. The van der Waals surface area contributed by atoms with E-state index in [1.165, 1.54) is 12.1 Å². The molecule has 0 saturated heterocycles. The van der Waals surface area contributed by atoms with Crippen LogP contribution in [-0.2, 0) is 0 Å². The molecule has 77 valence electrons. The van der Waals surface area contributed by atoms with E-state index < -0.39 is 18.4 Å². The minimum Gasteiger partial charge on any atom is -0.491 e. The highest BCUT2D eigenvalue weighted by molar-refractivity contribution is 5.33. The summed E-state index contributed by atoms with van der Waals surface area (Å²) in [5.74, 6) is -1.02. The van der Waals surface area contributed by atoms with E-state index >= 15 is 0 Å². The van der Waals surface area contributed by atoms with Gasteiger partial charge in [-0.15, -0.1) is 0 Å². The smallest absolute Gasteiger partial charge is 0.168 e. The molecule has 1 atom stereocenters. The fourth-order valence-corrected chi connectivity index (χ4v) is 1.19. The van der Waals surface area contributed by atoms with E-state index in [0.29, 0.717) is 6.61 Å². The van der Waals surface area contributed by atoms with Gasteiger partial charge in [0, 0.05) is 5.92 Å². The minimum atomic E-state index is -0.674. The molecule has 1 nitrogen and oxygen atoms in total. The Balaban J connectivity index is 3.00. The van der Waals surface area contributed by atoms with Crippen molar-refractivity contribution in [2.24, 2.45) is 0 Å². The molecule has 14 heavy (non-hydrogen) atoms. The number of ether oxygens (including phenoxy) is 1. The summed E-state index contributed by atoms with van der Waals surface area (Å²) in [4.78, 5) is 0. The van der Waals surface area contributed by atoms with Crippen LogP contribution in [0.4, 0.5) is 8.78 Å². The fourth-order valence-electron chi connectivity index (χ4n) is 1.19. The molecule has 0 spiro atoms. The molecule has 0 bridgehead atoms. The van der Waals surface area contributed by atoms with Gasteiger partial charge in [-0.3, -0.25) is 4.39 Å². The maximum Gasteiger partial charge on any atom is 0.168 e. The van der Waals surface area contributed by atoms with Gasteiger partial charge in [-0.25, -0.2) is 4.39 Å². The molecule has 3 heteroatoms. The number of hydrogen-bond acceptors (Lipinski definition) is 1. The summed E-state index contributed by atoms with van der Waals surface area (Å²) >= 11 is 0. The predicted molar refractivity (Wildman–Crippen MR) is 51.6 cm³/mol. The Kier molecular flexibility index (Phi) is 3.86. The van der Waals surface area contributed by atoms with Crippen molar-refractivity contribution in [3.63, 3.8) is 0 Å². The number of hydrogen-bond donors (Lipinski definition) is 0. The quantitative estimate of drug-likeness (QED) is 0.724. The summed E-state index contributed by atoms with van der Waals surface area (Å²) in [7, 11) is 0. The zero-order valence-electron chi connectivity index (χ0n) is 8.09. The van der Waals surface area contributed by atoms with Crippen molar-refractivity contribution in [1.29, 1.82) is 0 Å². The molecule has 0 aliphatic rings. The van der Waals surface area contributed by atoms with Gasteiger partial charge < -0.3 is 4.74 Å². The third kappa shape index (κ3) is 2.22. The molecule has 0 N–H and O–H groups in total. The van der Waals surface area contributed by atoms with Gasteiger partial charge in [0.05, 0.1) is 13.3 Å². The monoisotopic (exact) mass is 199 g/mol. The van der Waals surface area contributed by atoms with Crippen molar-refractivity contribution in [1.82, 2.24) is 0 Å². The molecule has 0 heterocycles. The third-order valence-electron chi connectivity index (χ3n) is 1.92. The zero-order valence-corrected chi connectivity index (χ0v) is 8.09. The second-order valence-electron chi connectivity index (χ2n) is 2.94. The van der Waals surface area contributed by atoms with Crippen LogP contribution in [0.25, 0.3) is 0 Å². The molecule has 1 radical (unpaired) electrons. The topological polar surface area (TPSA) is 9.23 Å². The van der Waals surface area contributed by atoms with Crippen LogP contribution in [0, 0.1) is 12.7 Å². The van der Waals surface area contributed by atoms with E-state index in [0.717, 1.165) is 0 Å². The lowest BCUT2D eigenvalue weighted by Gasteiger charge is -2.11. The minimum absolute atomic E-state index is 0.159. The van der Waals surface area contributed by atoms with Gasteiger partial charge in [-0.05, 0) is 25.5 Å². The van der Waals surface area contributed by atoms with Crippen LogP contribution in [0.3, 0.4) is 0 Å². The van der Waals surface area contributed by atoms with Crippen molar-refractivity contribution in [3.05, 3.63) is 36.5 Å². The standard InChI is InChI=1S/C11H13F2O/c1-3-14-10-6-4-5-9(11(10)13)8(2)7-12/h4-6,8H,2-3,7H2,1H3. The highest BCUT2D eigenvalue weighted by atomic mass is 19.1. The van der Waals surface area contributed by atoms with Crippen LogP contribution in [0.5, 0.6) is 5.75 Å². The lowest BCUT2D eigenvalue weighted by molar-refractivity contribution is 0.319. The Labute approximate surface area is 82.7 Å². The Hall–Kier alpha value is -1.12. The zero-order chi connectivity index (χ0) is 10.6. The molecular weight excluding hydrogens is 186 g/mol. The van der Waals surface area contributed by atoms with Crippen LogP contribution in [0.1, 0.15) is 18.4 Å². The van der Waals surface area contributed by atoms with E-state index in [4.69, 9.17) is 4.74 Å². The van der Waals surface area contributed by atoms with Gasteiger partial charge in [0.15, 0.2) is 11.6 Å². The molecule has 1 aromatic carbocycles. The molecule has 0 aromatic heterocycles. The molecule has 1 aromatic rings. The van der Waals surface area contributed by atoms with Gasteiger partial charge >= 0.3 is 0 Å². The SMILES string of the molecule is [CH2]C(CF)c1cccc(OCC)c1F. The highest BCUT2D eigenvalue weighted by Gasteiger charge is 2.14. The first-order valence-electron chi connectivity index (χ1n) is 4.51. The van der Waals surface area contributed by atoms with Crippen molar-refractivity contribution >= 4 is 0 Å². The van der Waals surface area contributed by atoms with Crippen LogP contribution in [0.15, 0.2) is 18.2 Å². The number of benzene rings is 1. The normalized spacial score (nSPS) is 12.6. The number of halogens is 2. The molecule has 1 unspecified atom stereocenters. The Morgan fingerprint density at radius 2 is 2.21 bits per heavy atom. The van der Waals surface area contributed by atoms with Crippen molar-refractivity contribution in [2.45, 2.75) is 12.8 Å². The average molecular weight is 199 g/mol. The van der Waals surface area contributed by atoms with Crippen LogP contribution in [0.2, 0.25) is 0 Å². The van der Waals surface area contributed by atoms with Gasteiger partial charge in [-0.1, -0.05) is 12.1 Å². The second kappa shape index (κ2) is 4.94.